The molecule has 0 amide bonds. The lowest BCUT2D eigenvalue weighted by molar-refractivity contribution is 0.0644. The van der Waals surface area contributed by atoms with Crippen molar-refractivity contribution in [2.24, 2.45) is 0 Å². The largest absolute Gasteiger partial charge is 0.372 e. The highest BCUT2D eigenvalue weighted by molar-refractivity contribution is 5.24. The number of ether oxygens (including phenoxy) is 1. The molecule has 1 N–H and O–H groups in total. The summed E-state index contributed by atoms with van der Waals surface area (Å²) in [6.07, 6.45) is 1.36. The molecule has 1 atom stereocenters. The molecule has 76 valence electrons. The zero-order valence-corrected chi connectivity index (χ0v) is 8.62. The summed E-state index contributed by atoms with van der Waals surface area (Å²) in [5, 5.41) is 3.34. The van der Waals surface area contributed by atoms with Crippen molar-refractivity contribution in [2.45, 2.75) is 19.4 Å². The fourth-order valence-corrected chi connectivity index (χ4v) is 1.85. The maximum absolute atomic E-state index is 5.78. The standard InChI is InChI=1S/C12H17NO/c1-10-3-2-4-11(9-10)12-5-6-13-7-8-14-12/h2-4,9,12-13H,5-8H2,1H3. The highest BCUT2D eigenvalue weighted by atomic mass is 16.5. The molecule has 1 heterocycles. The summed E-state index contributed by atoms with van der Waals surface area (Å²) < 4.78 is 5.78. The predicted molar refractivity (Wildman–Crippen MR) is 57.4 cm³/mol. The van der Waals surface area contributed by atoms with Crippen molar-refractivity contribution >= 4 is 0 Å². The molecule has 1 unspecified atom stereocenters. The first-order chi connectivity index (χ1) is 6.86. The molecule has 14 heavy (non-hydrogen) atoms. The lowest BCUT2D eigenvalue weighted by atomic mass is 10.0. The van der Waals surface area contributed by atoms with Crippen LogP contribution in [0.4, 0.5) is 0 Å². The van der Waals surface area contributed by atoms with Gasteiger partial charge in [0.1, 0.15) is 0 Å². The maximum atomic E-state index is 5.78. The van der Waals surface area contributed by atoms with Crippen LogP contribution in [0.2, 0.25) is 0 Å². The molecule has 1 aliphatic heterocycles. The van der Waals surface area contributed by atoms with E-state index < -0.39 is 0 Å². The van der Waals surface area contributed by atoms with E-state index in [2.05, 4.69) is 36.5 Å². The molecule has 1 aromatic rings. The van der Waals surface area contributed by atoms with Gasteiger partial charge in [-0.25, -0.2) is 0 Å². The smallest absolute Gasteiger partial charge is 0.0837 e. The fraction of sp³-hybridized carbons (Fsp3) is 0.500. The summed E-state index contributed by atoms with van der Waals surface area (Å²) in [5.74, 6) is 0. The van der Waals surface area contributed by atoms with Crippen LogP contribution in [0.3, 0.4) is 0 Å². The van der Waals surface area contributed by atoms with Gasteiger partial charge in [-0.2, -0.15) is 0 Å². The van der Waals surface area contributed by atoms with Crippen molar-refractivity contribution in [2.75, 3.05) is 19.7 Å². The van der Waals surface area contributed by atoms with E-state index >= 15 is 0 Å². The number of hydrogen-bond acceptors (Lipinski definition) is 2. The Hall–Kier alpha value is -0.860. The van der Waals surface area contributed by atoms with Crippen LogP contribution in [0.15, 0.2) is 24.3 Å². The van der Waals surface area contributed by atoms with Crippen molar-refractivity contribution in [3.8, 4) is 0 Å². The maximum Gasteiger partial charge on any atom is 0.0837 e. The lowest BCUT2D eigenvalue weighted by Gasteiger charge is -2.15. The Balaban J connectivity index is 2.12. The van der Waals surface area contributed by atoms with Gasteiger partial charge in [-0.1, -0.05) is 29.8 Å². The first kappa shape index (κ1) is 9.69. The molecule has 1 saturated heterocycles. The van der Waals surface area contributed by atoms with Crippen molar-refractivity contribution in [1.29, 1.82) is 0 Å². The quantitative estimate of drug-likeness (QED) is 0.733. The summed E-state index contributed by atoms with van der Waals surface area (Å²) in [6, 6.07) is 8.60. The van der Waals surface area contributed by atoms with Gasteiger partial charge in [0.15, 0.2) is 0 Å². The molecule has 1 fully saturated rings. The fourth-order valence-electron chi connectivity index (χ4n) is 1.85. The summed E-state index contributed by atoms with van der Waals surface area (Å²) in [7, 11) is 0. The first-order valence-electron chi connectivity index (χ1n) is 5.25. The van der Waals surface area contributed by atoms with Gasteiger partial charge < -0.3 is 10.1 Å². The molecule has 0 aromatic heterocycles. The van der Waals surface area contributed by atoms with E-state index in [1.165, 1.54) is 11.1 Å². The molecule has 0 saturated carbocycles. The van der Waals surface area contributed by atoms with E-state index in [9.17, 15) is 0 Å². The normalized spacial score (nSPS) is 23.1. The van der Waals surface area contributed by atoms with E-state index in [-0.39, 0.29) is 6.10 Å². The van der Waals surface area contributed by atoms with E-state index in [0.717, 1.165) is 26.1 Å². The molecule has 0 radical (unpaired) electrons. The number of aryl methyl sites for hydroxylation is 1. The molecule has 1 aliphatic rings. The molecule has 1 aromatic carbocycles. The number of nitrogens with one attached hydrogen (secondary N) is 1. The third-order valence-corrected chi connectivity index (χ3v) is 2.60. The topological polar surface area (TPSA) is 21.3 Å². The van der Waals surface area contributed by atoms with Crippen LogP contribution in [-0.4, -0.2) is 19.7 Å². The molecular weight excluding hydrogens is 174 g/mol. The summed E-state index contributed by atoms with van der Waals surface area (Å²) >= 11 is 0. The van der Waals surface area contributed by atoms with Gasteiger partial charge in [0.25, 0.3) is 0 Å². The monoisotopic (exact) mass is 191 g/mol. The molecule has 0 spiro atoms. The Morgan fingerprint density at radius 3 is 3.14 bits per heavy atom. The zero-order valence-electron chi connectivity index (χ0n) is 8.62. The molecule has 0 bridgehead atoms. The van der Waals surface area contributed by atoms with Crippen molar-refractivity contribution in [3.63, 3.8) is 0 Å². The van der Waals surface area contributed by atoms with Gasteiger partial charge in [0.2, 0.25) is 0 Å². The van der Waals surface area contributed by atoms with Crippen LogP contribution in [0.1, 0.15) is 23.7 Å². The summed E-state index contributed by atoms with van der Waals surface area (Å²) in [5.41, 5.74) is 2.62. The second kappa shape index (κ2) is 4.58. The molecule has 0 aliphatic carbocycles. The Morgan fingerprint density at radius 1 is 1.36 bits per heavy atom. The van der Waals surface area contributed by atoms with E-state index in [0.29, 0.717) is 0 Å². The third-order valence-electron chi connectivity index (χ3n) is 2.60. The van der Waals surface area contributed by atoms with Crippen LogP contribution in [0.25, 0.3) is 0 Å². The highest BCUT2D eigenvalue weighted by Crippen LogP contribution is 2.22. The van der Waals surface area contributed by atoms with Gasteiger partial charge in [0.05, 0.1) is 12.7 Å². The zero-order chi connectivity index (χ0) is 9.80. The van der Waals surface area contributed by atoms with Gasteiger partial charge in [-0.3, -0.25) is 0 Å². The number of benzene rings is 1. The Bertz CT molecular complexity index is 290. The average Bonchev–Trinajstić information content (AvgIpc) is 2.45. The molecule has 2 heteroatoms. The van der Waals surface area contributed by atoms with Gasteiger partial charge in [-0.15, -0.1) is 0 Å². The second-order valence-electron chi connectivity index (χ2n) is 3.81. The average molecular weight is 191 g/mol. The minimum atomic E-state index is 0.282. The molecule has 2 nitrogen and oxygen atoms in total. The van der Waals surface area contributed by atoms with Crippen LogP contribution in [-0.2, 0) is 4.74 Å². The lowest BCUT2D eigenvalue weighted by Crippen LogP contribution is -2.16. The van der Waals surface area contributed by atoms with Gasteiger partial charge >= 0.3 is 0 Å². The summed E-state index contributed by atoms with van der Waals surface area (Å²) in [6.45, 7) is 4.97. The Kier molecular flexibility index (Phi) is 3.17. The Labute approximate surface area is 85.3 Å². The third kappa shape index (κ3) is 2.34. The molecular formula is C12H17NO. The van der Waals surface area contributed by atoms with Crippen LogP contribution >= 0.6 is 0 Å². The predicted octanol–water partition coefficient (Wildman–Crippen LogP) is 2.05. The van der Waals surface area contributed by atoms with Gasteiger partial charge in [-0.05, 0) is 25.5 Å². The SMILES string of the molecule is Cc1cccc(C2CCNCCO2)c1. The number of rotatable bonds is 1. The second-order valence-corrected chi connectivity index (χ2v) is 3.81. The number of hydrogen-bond donors (Lipinski definition) is 1. The highest BCUT2D eigenvalue weighted by Gasteiger charge is 2.13. The van der Waals surface area contributed by atoms with Crippen LogP contribution in [0, 0.1) is 6.92 Å². The van der Waals surface area contributed by atoms with E-state index in [4.69, 9.17) is 4.74 Å². The van der Waals surface area contributed by atoms with E-state index in [1.807, 2.05) is 0 Å². The summed E-state index contributed by atoms with van der Waals surface area (Å²) in [4.78, 5) is 0. The van der Waals surface area contributed by atoms with Crippen molar-refractivity contribution < 1.29 is 4.74 Å². The van der Waals surface area contributed by atoms with Gasteiger partial charge in [0, 0.05) is 6.54 Å². The minimum absolute atomic E-state index is 0.282. The van der Waals surface area contributed by atoms with E-state index in [1.54, 1.807) is 0 Å². The van der Waals surface area contributed by atoms with Crippen LogP contribution < -0.4 is 5.32 Å². The van der Waals surface area contributed by atoms with Crippen molar-refractivity contribution in [1.82, 2.24) is 5.32 Å². The minimum Gasteiger partial charge on any atom is -0.372 e. The molecule has 2 rings (SSSR count). The first-order valence-corrected chi connectivity index (χ1v) is 5.25. The Morgan fingerprint density at radius 2 is 2.29 bits per heavy atom. The van der Waals surface area contributed by atoms with Crippen LogP contribution in [0.5, 0.6) is 0 Å². The van der Waals surface area contributed by atoms with Crippen molar-refractivity contribution in [3.05, 3.63) is 35.4 Å².